The molecule has 1 saturated carbocycles. The van der Waals surface area contributed by atoms with Crippen molar-refractivity contribution in [2.24, 2.45) is 5.92 Å². The zero-order chi connectivity index (χ0) is 10.8. The van der Waals surface area contributed by atoms with Crippen molar-refractivity contribution in [3.63, 3.8) is 0 Å². The molecular formula is C13H18FN. The Morgan fingerprint density at radius 2 is 2.13 bits per heavy atom. The fourth-order valence-corrected chi connectivity index (χ4v) is 2.60. The first-order valence-corrected chi connectivity index (χ1v) is 5.72. The lowest BCUT2D eigenvalue weighted by Crippen LogP contribution is -2.13. The third kappa shape index (κ3) is 2.14. The Labute approximate surface area is 90.5 Å². The maximum Gasteiger partial charge on any atom is 0.149 e. The van der Waals surface area contributed by atoms with Gasteiger partial charge in [0.25, 0.3) is 0 Å². The third-order valence-corrected chi connectivity index (χ3v) is 3.43. The number of halogens is 1. The lowest BCUT2D eigenvalue weighted by molar-refractivity contribution is 0.338. The molecule has 2 N–H and O–H groups in total. The van der Waals surface area contributed by atoms with Gasteiger partial charge in [-0.1, -0.05) is 31.9 Å². The standard InChI is InChI=1S/C13H18FN/c1-9-4-2-5-10(8-9)11-6-3-7-12(15)13(11)14/h3,6-7,9-10H,2,4-5,8,15H2,1H3/t9-,10+/m1/s1. The van der Waals surface area contributed by atoms with E-state index in [1.54, 1.807) is 6.07 Å². The van der Waals surface area contributed by atoms with E-state index in [9.17, 15) is 4.39 Å². The van der Waals surface area contributed by atoms with Gasteiger partial charge >= 0.3 is 0 Å². The topological polar surface area (TPSA) is 26.0 Å². The zero-order valence-corrected chi connectivity index (χ0v) is 9.17. The first-order chi connectivity index (χ1) is 7.18. The van der Waals surface area contributed by atoms with Crippen LogP contribution < -0.4 is 5.73 Å². The van der Waals surface area contributed by atoms with Gasteiger partial charge in [0.15, 0.2) is 0 Å². The van der Waals surface area contributed by atoms with Crippen LogP contribution in [0.4, 0.5) is 10.1 Å². The van der Waals surface area contributed by atoms with Crippen molar-refractivity contribution in [1.29, 1.82) is 0 Å². The first kappa shape index (κ1) is 10.5. The highest BCUT2D eigenvalue weighted by Crippen LogP contribution is 2.37. The summed E-state index contributed by atoms with van der Waals surface area (Å²) in [5, 5.41) is 0. The van der Waals surface area contributed by atoms with Crippen LogP contribution in [0.15, 0.2) is 18.2 Å². The second-order valence-corrected chi connectivity index (χ2v) is 4.72. The lowest BCUT2D eigenvalue weighted by atomic mass is 9.78. The molecule has 1 aromatic rings. The van der Waals surface area contributed by atoms with Gasteiger partial charge in [-0.25, -0.2) is 4.39 Å². The summed E-state index contributed by atoms with van der Waals surface area (Å²) in [5.41, 5.74) is 6.69. The van der Waals surface area contributed by atoms with Crippen LogP contribution in [0.2, 0.25) is 0 Å². The van der Waals surface area contributed by atoms with E-state index in [1.807, 2.05) is 12.1 Å². The predicted octanol–water partition coefficient (Wildman–Crippen LogP) is 3.70. The van der Waals surface area contributed by atoms with E-state index in [1.165, 1.54) is 12.8 Å². The molecule has 1 aliphatic carbocycles. The van der Waals surface area contributed by atoms with E-state index >= 15 is 0 Å². The Morgan fingerprint density at radius 1 is 1.33 bits per heavy atom. The van der Waals surface area contributed by atoms with Crippen LogP contribution in [-0.2, 0) is 0 Å². The fourth-order valence-electron chi connectivity index (χ4n) is 2.60. The maximum absolute atomic E-state index is 13.8. The van der Waals surface area contributed by atoms with Crippen LogP contribution in [0, 0.1) is 11.7 Å². The van der Waals surface area contributed by atoms with Crippen molar-refractivity contribution in [1.82, 2.24) is 0 Å². The van der Waals surface area contributed by atoms with Gasteiger partial charge in [0.2, 0.25) is 0 Å². The fraction of sp³-hybridized carbons (Fsp3) is 0.538. The molecule has 2 rings (SSSR count). The second kappa shape index (κ2) is 4.21. The number of hydrogen-bond donors (Lipinski definition) is 1. The molecule has 0 bridgehead atoms. The Morgan fingerprint density at radius 3 is 2.87 bits per heavy atom. The van der Waals surface area contributed by atoms with E-state index in [2.05, 4.69) is 6.92 Å². The summed E-state index contributed by atoms with van der Waals surface area (Å²) >= 11 is 0. The SMILES string of the molecule is C[C@@H]1CCC[C@H](c2cccc(N)c2F)C1. The number of benzene rings is 1. The summed E-state index contributed by atoms with van der Waals surface area (Å²) in [6, 6.07) is 5.37. The number of nitrogen functional groups attached to an aromatic ring is 1. The molecule has 0 unspecified atom stereocenters. The van der Waals surface area contributed by atoms with Crippen LogP contribution in [-0.4, -0.2) is 0 Å². The van der Waals surface area contributed by atoms with Crippen molar-refractivity contribution in [2.45, 2.75) is 38.5 Å². The summed E-state index contributed by atoms with van der Waals surface area (Å²) in [6.07, 6.45) is 4.69. The highest BCUT2D eigenvalue weighted by molar-refractivity contribution is 5.44. The van der Waals surface area contributed by atoms with Crippen molar-refractivity contribution in [2.75, 3.05) is 5.73 Å². The van der Waals surface area contributed by atoms with Crippen LogP contribution >= 0.6 is 0 Å². The minimum Gasteiger partial charge on any atom is -0.396 e. The number of hydrogen-bond acceptors (Lipinski definition) is 1. The molecule has 15 heavy (non-hydrogen) atoms. The average molecular weight is 207 g/mol. The smallest absolute Gasteiger partial charge is 0.149 e. The number of rotatable bonds is 1. The highest BCUT2D eigenvalue weighted by Gasteiger charge is 2.23. The van der Waals surface area contributed by atoms with Gasteiger partial charge in [-0.2, -0.15) is 0 Å². The van der Waals surface area contributed by atoms with E-state index in [-0.39, 0.29) is 11.5 Å². The Bertz CT molecular complexity index is 348. The molecular weight excluding hydrogens is 189 g/mol. The van der Waals surface area contributed by atoms with Crippen LogP contribution in [0.25, 0.3) is 0 Å². The normalized spacial score (nSPS) is 26.5. The molecule has 0 amide bonds. The summed E-state index contributed by atoms with van der Waals surface area (Å²) < 4.78 is 13.8. The summed E-state index contributed by atoms with van der Waals surface area (Å²) in [6.45, 7) is 2.25. The minimum atomic E-state index is -0.198. The van der Waals surface area contributed by atoms with E-state index in [0.717, 1.165) is 18.4 Å². The molecule has 1 aliphatic rings. The molecule has 1 aromatic carbocycles. The minimum absolute atomic E-state index is 0.198. The first-order valence-electron chi connectivity index (χ1n) is 5.72. The molecule has 0 radical (unpaired) electrons. The Balaban J connectivity index is 2.24. The molecule has 2 heteroatoms. The molecule has 0 heterocycles. The molecule has 0 aliphatic heterocycles. The van der Waals surface area contributed by atoms with Gasteiger partial charge in [0.1, 0.15) is 5.82 Å². The maximum atomic E-state index is 13.8. The number of nitrogens with two attached hydrogens (primary N) is 1. The molecule has 1 fully saturated rings. The predicted molar refractivity (Wildman–Crippen MR) is 61.2 cm³/mol. The van der Waals surface area contributed by atoms with Gasteiger partial charge < -0.3 is 5.73 Å². The van der Waals surface area contributed by atoms with E-state index in [0.29, 0.717) is 11.8 Å². The third-order valence-electron chi connectivity index (χ3n) is 3.43. The summed E-state index contributed by atoms with van der Waals surface area (Å²) in [5.74, 6) is 0.887. The monoisotopic (exact) mass is 207 g/mol. The molecule has 82 valence electrons. The van der Waals surface area contributed by atoms with Gasteiger partial charge in [0.05, 0.1) is 5.69 Å². The van der Waals surface area contributed by atoms with Crippen LogP contribution in [0.1, 0.15) is 44.1 Å². The molecule has 0 aromatic heterocycles. The quantitative estimate of drug-likeness (QED) is 0.698. The average Bonchev–Trinajstić information content (AvgIpc) is 2.22. The molecule has 2 atom stereocenters. The second-order valence-electron chi connectivity index (χ2n) is 4.72. The van der Waals surface area contributed by atoms with Crippen molar-refractivity contribution in [3.05, 3.63) is 29.6 Å². The molecule has 0 saturated heterocycles. The summed E-state index contributed by atoms with van der Waals surface area (Å²) in [4.78, 5) is 0. The van der Waals surface area contributed by atoms with Gasteiger partial charge in [-0.15, -0.1) is 0 Å². The van der Waals surface area contributed by atoms with Crippen LogP contribution in [0.3, 0.4) is 0 Å². The zero-order valence-electron chi connectivity index (χ0n) is 9.17. The Hall–Kier alpha value is -1.05. The van der Waals surface area contributed by atoms with Gasteiger partial charge in [-0.3, -0.25) is 0 Å². The molecule has 0 spiro atoms. The Kier molecular flexibility index (Phi) is 2.94. The van der Waals surface area contributed by atoms with Crippen molar-refractivity contribution < 1.29 is 4.39 Å². The van der Waals surface area contributed by atoms with Gasteiger partial charge in [-0.05, 0) is 36.3 Å². The van der Waals surface area contributed by atoms with E-state index in [4.69, 9.17) is 5.73 Å². The van der Waals surface area contributed by atoms with E-state index < -0.39 is 0 Å². The highest BCUT2D eigenvalue weighted by atomic mass is 19.1. The number of anilines is 1. The summed E-state index contributed by atoms with van der Waals surface area (Å²) in [7, 11) is 0. The van der Waals surface area contributed by atoms with Gasteiger partial charge in [0, 0.05) is 0 Å². The lowest BCUT2D eigenvalue weighted by Gasteiger charge is -2.27. The van der Waals surface area contributed by atoms with Crippen molar-refractivity contribution in [3.8, 4) is 0 Å². The van der Waals surface area contributed by atoms with Crippen molar-refractivity contribution >= 4 is 5.69 Å². The molecule has 1 nitrogen and oxygen atoms in total. The largest absolute Gasteiger partial charge is 0.396 e. The van der Waals surface area contributed by atoms with Crippen LogP contribution in [0.5, 0.6) is 0 Å².